The normalized spacial score (nSPS) is 28.2. The summed E-state index contributed by atoms with van der Waals surface area (Å²) in [6.07, 6.45) is 5.46. The molecule has 0 spiro atoms. The molecule has 0 aliphatic carbocycles. The average Bonchev–Trinajstić information content (AvgIpc) is 2.43. The minimum Gasteiger partial charge on any atom is -0.325 e. The third-order valence-electron chi connectivity index (χ3n) is 2.46. The molecule has 76 valence electrons. The maximum Gasteiger partial charge on any atom is 0.210 e. The van der Waals surface area contributed by atoms with E-state index in [2.05, 4.69) is 13.8 Å². The molecule has 0 bridgehead atoms. The van der Waals surface area contributed by atoms with Gasteiger partial charge in [0.05, 0.1) is 6.10 Å². The van der Waals surface area contributed by atoms with E-state index in [0.29, 0.717) is 12.3 Å². The first-order chi connectivity index (χ1) is 6.09. The van der Waals surface area contributed by atoms with Crippen LogP contribution in [0.25, 0.3) is 0 Å². The maximum atomic E-state index is 12.1. The van der Waals surface area contributed by atoms with E-state index in [1.165, 1.54) is 5.57 Å². The highest BCUT2D eigenvalue weighted by Crippen LogP contribution is 2.53. The second-order valence-electron chi connectivity index (χ2n) is 3.75. The van der Waals surface area contributed by atoms with Crippen LogP contribution in [-0.4, -0.2) is 18.4 Å². The van der Waals surface area contributed by atoms with Gasteiger partial charge in [-0.25, -0.2) is 0 Å². The summed E-state index contributed by atoms with van der Waals surface area (Å²) in [6.45, 7) is 6.18. The highest BCUT2D eigenvalue weighted by atomic mass is 31.2. The van der Waals surface area contributed by atoms with Crippen molar-refractivity contribution < 1.29 is 9.09 Å². The Bertz CT molecular complexity index is 241. The minimum absolute atomic E-state index is 0.185. The smallest absolute Gasteiger partial charge is 0.210 e. The summed E-state index contributed by atoms with van der Waals surface area (Å²) in [7, 11) is -2.31. The van der Waals surface area contributed by atoms with E-state index in [1.54, 1.807) is 0 Å². The van der Waals surface area contributed by atoms with Crippen LogP contribution in [0.15, 0.2) is 11.6 Å². The fraction of sp³-hybridized carbons (Fsp3) is 0.800. The van der Waals surface area contributed by atoms with Crippen molar-refractivity contribution in [2.24, 2.45) is 0 Å². The Hall–Kier alpha value is -0.0700. The van der Waals surface area contributed by atoms with Crippen molar-refractivity contribution in [2.45, 2.75) is 39.7 Å². The summed E-state index contributed by atoms with van der Waals surface area (Å²) >= 11 is 0. The first-order valence-corrected chi connectivity index (χ1v) is 7.01. The molecule has 1 unspecified atom stereocenters. The molecular weight excluding hydrogens is 183 g/mol. The first kappa shape index (κ1) is 11.0. The van der Waals surface area contributed by atoms with Crippen molar-refractivity contribution in [2.75, 3.05) is 12.3 Å². The molecule has 0 N–H and O–H groups in total. The van der Waals surface area contributed by atoms with Gasteiger partial charge < -0.3 is 4.52 Å². The zero-order chi connectivity index (χ0) is 9.90. The molecule has 1 aliphatic rings. The zero-order valence-corrected chi connectivity index (χ0v) is 9.64. The second-order valence-corrected chi connectivity index (χ2v) is 6.27. The predicted octanol–water partition coefficient (Wildman–Crippen LogP) is 3.43. The Labute approximate surface area is 80.8 Å². The molecule has 1 rings (SSSR count). The van der Waals surface area contributed by atoms with Gasteiger partial charge >= 0.3 is 0 Å². The molecule has 1 heterocycles. The third-order valence-corrected chi connectivity index (χ3v) is 4.86. The van der Waals surface area contributed by atoms with Crippen LogP contribution in [0, 0.1) is 0 Å². The third kappa shape index (κ3) is 2.96. The molecule has 0 fully saturated rings. The van der Waals surface area contributed by atoms with Crippen molar-refractivity contribution >= 4 is 7.37 Å². The molecule has 0 saturated carbocycles. The topological polar surface area (TPSA) is 26.3 Å². The van der Waals surface area contributed by atoms with Crippen LogP contribution in [0.5, 0.6) is 0 Å². The Kier molecular flexibility index (Phi) is 3.75. The summed E-state index contributed by atoms with van der Waals surface area (Å²) in [6, 6.07) is 0. The van der Waals surface area contributed by atoms with Gasteiger partial charge in [-0.3, -0.25) is 4.57 Å². The average molecular weight is 202 g/mol. The largest absolute Gasteiger partial charge is 0.325 e. The number of rotatable bonds is 4. The fourth-order valence-corrected chi connectivity index (χ4v) is 4.20. The van der Waals surface area contributed by atoms with Crippen LogP contribution in [0.4, 0.5) is 0 Å². The summed E-state index contributed by atoms with van der Waals surface area (Å²) in [5.74, 6) is 0. The van der Waals surface area contributed by atoms with Crippen molar-refractivity contribution in [3.8, 4) is 0 Å². The lowest BCUT2D eigenvalue weighted by Crippen LogP contribution is -2.09. The van der Waals surface area contributed by atoms with Crippen molar-refractivity contribution in [3.63, 3.8) is 0 Å². The van der Waals surface area contributed by atoms with E-state index >= 15 is 0 Å². The summed E-state index contributed by atoms with van der Waals surface area (Å²) in [4.78, 5) is 0. The Morgan fingerprint density at radius 2 is 2.15 bits per heavy atom. The minimum atomic E-state index is -2.31. The lowest BCUT2D eigenvalue weighted by atomic mass is 10.2. The first-order valence-electron chi connectivity index (χ1n) is 5.01. The lowest BCUT2D eigenvalue weighted by Gasteiger charge is -2.19. The van der Waals surface area contributed by atoms with Crippen LogP contribution < -0.4 is 0 Å². The van der Waals surface area contributed by atoms with E-state index < -0.39 is 7.37 Å². The summed E-state index contributed by atoms with van der Waals surface area (Å²) in [5.41, 5.74) is 1.22. The van der Waals surface area contributed by atoms with Gasteiger partial charge in [-0.05, 0) is 19.8 Å². The van der Waals surface area contributed by atoms with Crippen LogP contribution in [-0.2, 0) is 9.09 Å². The second kappa shape index (κ2) is 4.43. The van der Waals surface area contributed by atoms with Gasteiger partial charge in [0.1, 0.15) is 0 Å². The van der Waals surface area contributed by atoms with Crippen molar-refractivity contribution in [1.82, 2.24) is 0 Å². The number of allylic oxidation sites excluding steroid dienone is 2. The number of hydrogen-bond acceptors (Lipinski definition) is 2. The molecule has 3 heteroatoms. The SMILES string of the molecule is CCC(CC)OP1(=O)CC=C(C)C1. The van der Waals surface area contributed by atoms with E-state index in [9.17, 15) is 4.57 Å². The fourth-order valence-electron chi connectivity index (χ4n) is 1.59. The molecule has 1 atom stereocenters. The zero-order valence-electron chi connectivity index (χ0n) is 8.75. The quantitative estimate of drug-likeness (QED) is 0.515. The maximum absolute atomic E-state index is 12.1. The molecule has 0 amide bonds. The van der Waals surface area contributed by atoms with Gasteiger partial charge in [0.15, 0.2) is 0 Å². The molecule has 0 radical (unpaired) electrons. The van der Waals surface area contributed by atoms with E-state index in [0.717, 1.165) is 12.8 Å². The number of hydrogen-bond donors (Lipinski definition) is 0. The molecule has 2 nitrogen and oxygen atoms in total. The molecule has 0 aromatic heterocycles. The van der Waals surface area contributed by atoms with Gasteiger partial charge in [-0.15, -0.1) is 0 Å². The monoisotopic (exact) mass is 202 g/mol. The van der Waals surface area contributed by atoms with Gasteiger partial charge in [0.2, 0.25) is 7.37 Å². The lowest BCUT2D eigenvalue weighted by molar-refractivity contribution is 0.197. The Balaban J connectivity index is 2.50. The van der Waals surface area contributed by atoms with E-state index in [4.69, 9.17) is 4.52 Å². The van der Waals surface area contributed by atoms with Gasteiger partial charge in [-0.1, -0.05) is 25.5 Å². The highest BCUT2D eigenvalue weighted by Gasteiger charge is 2.29. The molecule has 13 heavy (non-hydrogen) atoms. The van der Waals surface area contributed by atoms with Gasteiger partial charge in [0, 0.05) is 12.3 Å². The summed E-state index contributed by atoms with van der Waals surface area (Å²) < 4.78 is 17.7. The molecule has 0 aromatic carbocycles. The van der Waals surface area contributed by atoms with Crippen LogP contribution in [0.2, 0.25) is 0 Å². The van der Waals surface area contributed by atoms with Crippen LogP contribution >= 0.6 is 7.37 Å². The van der Waals surface area contributed by atoms with Crippen molar-refractivity contribution in [3.05, 3.63) is 11.6 Å². The van der Waals surface area contributed by atoms with Gasteiger partial charge in [0.25, 0.3) is 0 Å². The van der Waals surface area contributed by atoms with E-state index in [1.807, 2.05) is 13.0 Å². The van der Waals surface area contributed by atoms with Crippen LogP contribution in [0.1, 0.15) is 33.6 Å². The Morgan fingerprint density at radius 1 is 1.54 bits per heavy atom. The molecule has 0 saturated heterocycles. The molecule has 1 aliphatic heterocycles. The van der Waals surface area contributed by atoms with Crippen molar-refractivity contribution in [1.29, 1.82) is 0 Å². The van der Waals surface area contributed by atoms with E-state index in [-0.39, 0.29) is 6.10 Å². The Morgan fingerprint density at radius 3 is 2.54 bits per heavy atom. The summed E-state index contributed by atoms with van der Waals surface area (Å²) in [5, 5.41) is 0. The standard InChI is InChI=1S/C10H19O2P/c1-4-10(5-2)12-13(11)7-6-9(3)8-13/h6,10H,4-5,7-8H2,1-3H3. The predicted molar refractivity (Wildman–Crippen MR) is 56.6 cm³/mol. The molecule has 0 aromatic rings. The molecular formula is C10H19O2P. The highest BCUT2D eigenvalue weighted by molar-refractivity contribution is 7.59. The van der Waals surface area contributed by atoms with Crippen LogP contribution in [0.3, 0.4) is 0 Å². The van der Waals surface area contributed by atoms with Gasteiger partial charge in [-0.2, -0.15) is 0 Å².